The Balaban J connectivity index is 2.14. The van der Waals surface area contributed by atoms with E-state index < -0.39 is 0 Å². The Hall–Kier alpha value is -0.770. The van der Waals surface area contributed by atoms with E-state index in [0.29, 0.717) is 6.54 Å². The van der Waals surface area contributed by atoms with Crippen LogP contribution in [0.2, 0.25) is 0 Å². The zero-order valence-corrected chi connectivity index (χ0v) is 9.30. The summed E-state index contributed by atoms with van der Waals surface area (Å²) in [6.07, 6.45) is 7.16. The van der Waals surface area contributed by atoms with E-state index in [-0.39, 0.29) is 11.6 Å². The zero-order valence-electron chi connectivity index (χ0n) is 9.30. The third-order valence-corrected chi connectivity index (χ3v) is 3.84. The van der Waals surface area contributed by atoms with Gasteiger partial charge in [-0.1, -0.05) is 25.7 Å². The molecule has 0 aromatic rings. The largest absolute Gasteiger partial charge is 0.336 e. The van der Waals surface area contributed by atoms with Gasteiger partial charge in [-0.3, -0.25) is 0 Å². The molecule has 1 aliphatic carbocycles. The Kier molecular flexibility index (Phi) is 3.14. The minimum Gasteiger partial charge on any atom is -0.336 e. The average Bonchev–Trinajstić information content (AvgIpc) is 2.56. The number of rotatable bonds is 2. The summed E-state index contributed by atoms with van der Waals surface area (Å²) in [5.41, 5.74) is 5.88. The lowest BCUT2D eigenvalue weighted by molar-refractivity contribution is 0.125. The summed E-state index contributed by atoms with van der Waals surface area (Å²) < 4.78 is 0. The molecule has 0 radical (unpaired) electrons. The number of nitrogens with zero attached hydrogens (tertiary/aromatic N) is 1. The molecule has 4 heteroatoms. The molecule has 86 valence electrons. The van der Waals surface area contributed by atoms with Gasteiger partial charge in [-0.2, -0.15) is 0 Å². The summed E-state index contributed by atoms with van der Waals surface area (Å²) in [6, 6.07) is 0.0855. The van der Waals surface area contributed by atoms with Gasteiger partial charge in [0.25, 0.3) is 0 Å². The van der Waals surface area contributed by atoms with Crippen molar-refractivity contribution in [2.24, 2.45) is 5.73 Å². The van der Waals surface area contributed by atoms with Gasteiger partial charge in [-0.25, -0.2) is 4.79 Å². The molecule has 2 fully saturated rings. The predicted octanol–water partition coefficient (Wildman–Crippen LogP) is 1.06. The quantitative estimate of drug-likeness (QED) is 0.671. The molecule has 0 aromatic carbocycles. The van der Waals surface area contributed by atoms with Gasteiger partial charge in [0.15, 0.2) is 0 Å². The summed E-state index contributed by atoms with van der Waals surface area (Å²) in [5.74, 6) is 0. The van der Waals surface area contributed by atoms with Crippen LogP contribution < -0.4 is 11.1 Å². The molecule has 2 amide bonds. The smallest absolute Gasteiger partial charge is 0.318 e. The van der Waals surface area contributed by atoms with Crippen LogP contribution in [0.4, 0.5) is 4.79 Å². The molecule has 2 aliphatic rings. The molecule has 15 heavy (non-hydrogen) atoms. The molecule has 0 spiro atoms. The standard InChI is InChI=1S/C11H21N3O/c12-9-11(5-3-1-2-4-6-11)14-8-7-13-10(14)15/h1-9,12H2,(H,13,15). The van der Waals surface area contributed by atoms with E-state index in [1.165, 1.54) is 25.7 Å². The lowest BCUT2D eigenvalue weighted by Crippen LogP contribution is -2.54. The minimum atomic E-state index is -0.0446. The number of nitrogens with two attached hydrogens (primary N) is 1. The lowest BCUT2D eigenvalue weighted by atomic mass is 9.88. The average molecular weight is 211 g/mol. The molecule has 0 bridgehead atoms. The zero-order chi connectivity index (χ0) is 10.7. The van der Waals surface area contributed by atoms with E-state index in [2.05, 4.69) is 5.32 Å². The van der Waals surface area contributed by atoms with Gasteiger partial charge in [-0.05, 0) is 12.8 Å². The maximum absolute atomic E-state index is 11.7. The van der Waals surface area contributed by atoms with Gasteiger partial charge in [0.1, 0.15) is 0 Å². The van der Waals surface area contributed by atoms with Crippen LogP contribution >= 0.6 is 0 Å². The van der Waals surface area contributed by atoms with E-state index in [4.69, 9.17) is 5.73 Å². The summed E-state index contributed by atoms with van der Waals surface area (Å²) >= 11 is 0. The van der Waals surface area contributed by atoms with Crippen molar-refractivity contribution in [2.45, 2.75) is 44.1 Å². The first kappa shape index (κ1) is 10.7. The van der Waals surface area contributed by atoms with Crippen molar-refractivity contribution < 1.29 is 4.79 Å². The van der Waals surface area contributed by atoms with E-state index in [0.717, 1.165) is 25.9 Å². The van der Waals surface area contributed by atoms with Crippen molar-refractivity contribution >= 4 is 6.03 Å². The minimum absolute atomic E-state index is 0.0446. The molecule has 2 rings (SSSR count). The van der Waals surface area contributed by atoms with E-state index in [9.17, 15) is 4.79 Å². The Morgan fingerprint density at radius 1 is 1.27 bits per heavy atom. The second-order valence-corrected chi connectivity index (χ2v) is 4.73. The maximum atomic E-state index is 11.7. The predicted molar refractivity (Wildman–Crippen MR) is 59.6 cm³/mol. The highest BCUT2D eigenvalue weighted by Gasteiger charge is 2.40. The van der Waals surface area contributed by atoms with Gasteiger partial charge in [-0.15, -0.1) is 0 Å². The fourth-order valence-electron chi connectivity index (χ4n) is 2.90. The van der Waals surface area contributed by atoms with Crippen molar-refractivity contribution in [3.05, 3.63) is 0 Å². The molecular weight excluding hydrogens is 190 g/mol. The number of amides is 2. The van der Waals surface area contributed by atoms with Crippen LogP contribution in [0.5, 0.6) is 0 Å². The monoisotopic (exact) mass is 211 g/mol. The summed E-state index contributed by atoms with van der Waals surface area (Å²) in [5, 5.41) is 2.88. The number of hydrogen-bond donors (Lipinski definition) is 2. The van der Waals surface area contributed by atoms with Crippen LogP contribution in [-0.4, -0.2) is 36.1 Å². The molecule has 1 heterocycles. The number of urea groups is 1. The van der Waals surface area contributed by atoms with Crippen LogP contribution in [-0.2, 0) is 0 Å². The first-order valence-electron chi connectivity index (χ1n) is 6.04. The first-order chi connectivity index (χ1) is 7.28. The van der Waals surface area contributed by atoms with Gasteiger partial charge in [0, 0.05) is 19.6 Å². The van der Waals surface area contributed by atoms with Crippen molar-refractivity contribution in [1.82, 2.24) is 10.2 Å². The topological polar surface area (TPSA) is 58.4 Å². The van der Waals surface area contributed by atoms with Crippen LogP contribution in [0.15, 0.2) is 0 Å². The third kappa shape index (κ3) is 1.95. The van der Waals surface area contributed by atoms with Crippen molar-refractivity contribution in [1.29, 1.82) is 0 Å². The normalized spacial score (nSPS) is 26.2. The first-order valence-corrected chi connectivity index (χ1v) is 6.04. The van der Waals surface area contributed by atoms with Crippen molar-refractivity contribution in [2.75, 3.05) is 19.6 Å². The molecule has 1 aliphatic heterocycles. The molecule has 3 N–H and O–H groups in total. The highest BCUT2D eigenvalue weighted by molar-refractivity contribution is 5.77. The SMILES string of the molecule is NCC1(N2CCNC2=O)CCCCCC1. The second-order valence-electron chi connectivity index (χ2n) is 4.73. The molecule has 1 saturated carbocycles. The van der Waals surface area contributed by atoms with Crippen molar-refractivity contribution in [3.8, 4) is 0 Å². The summed E-state index contributed by atoms with van der Waals surface area (Å²) in [4.78, 5) is 13.7. The van der Waals surface area contributed by atoms with E-state index in [1.807, 2.05) is 4.90 Å². The van der Waals surface area contributed by atoms with Gasteiger partial charge in [0.2, 0.25) is 0 Å². The van der Waals surface area contributed by atoms with E-state index >= 15 is 0 Å². The Morgan fingerprint density at radius 3 is 2.40 bits per heavy atom. The third-order valence-electron chi connectivity index (χ3n) is 3.84. The van der Waals surface area contributed by atoms with Gasteiger partial charge < -0.3 is 16.0 Å². The highest BCUT2D eigenvalue weighted by atomic mass is 16.2. The fraction of sp³-hybridized carbons (Fsp3) is 0.909. The molecule has 1 saturated heterocycles. The summed E-state index contributed by atoms with van der Waals surface area (Å²) in [7, 11) is 0. The van der Waals surface area contributed by atoms with Crippen LogP contribution in [0.3, 0.4) is 0 Å². The molecule has 4 nitrogen and oxygen atoms in total. The lowest BCUT2D eigenvalue weighted by Gasteiger charge is -2.39. The fourth-order valence-corrected chi connectivity index (χ4v) is 2.90. The molecular formula is C11H21N3O. The Bertz CT molecular complexity index is 234. The number of hydrogen-bond acceptors (Lipinski definition) is 2. The molecule has 0 unspecified atom stereocenters. The van der Waals surface area contributed by atoms with Gasteiger partial charge >= 0.3 is 6.03 Å². The van der Waals surface area contributed by atoms with Crippen LogP contribution in [0, 0.1) is 0 Å². The summed E-state index contributed by atoms with van der Waals surface area (Å²) in [6.45, 7) is 2.22. The Morgan fingerprint density at radius 2 is 1.93 bits per heavy atom. The number of nitrogens with one attached hydrogen (secondary N) is 1. The van der Waals surface area contributed by atoms with Crippen LogP contribution in [0.1, 0.15) is 38.5 Å². The highest BCUT2D eigenvalue weighted by Crippen LogP contribution is 2.32. The number of carbonyl (C=O) groups is 1. The van der Waals surface area contributed by atoms with Crippen molar-refractivity contribution in [3.63, 3.8) is 0 Å². The molecule has 0 aromatic heterocycles. The van der Waals surface area contributed by atoms with E-state index in [1.54, 1.807) is 0 Å². The Labute approximate surface area is 91.2 Å². The molecule has 0 atom stereocenters. The maximum Gasteiger partial charge on any atom is 0.318 e. The van der Waals surface area contributed by atoms with Crippen LogP contribution in [0.25, 0.3) is 0 Å². The number of carbonyl (C=O) groups excluding carboxylic acids is 1. The van der Waals surface area contributed by atoms with Gasteiger partial charge in [0.05, 0.1) is 5.54 Å². The second kappa shape index (κ2) is 4.39.